The molecule has 1 aromatic carbocycles. The molecular formula is C18H20ClN3O5. The van der Waals surface area contributed by atoms with Gasteiger partial charge in [-0.05, 0) is 30.7 Å². The van der Waals surface area contributed by atoms with Crippen LogP contribution in [-0.4, -0.2) is 57.8 Å². The van der Waals surface area contributed by atoms with Crippen LogP contribution in [0.15, 0.2) is 28.8 Å². The molecule has 2 heterocycles. The summed E-state index contributed by atoms with van der Waals surface area (Å²) >= 11 is 5.86. The molecule has 1 unspecified atom stereocenters. The number of amides is 1. The monoisotopic (exact) mass is 393 g/mol. The number of halogens is 1. The Balaban J connectivity index is 1.51. The zero-order valence-corrected chi connectivity index (χ0v) is 15.4. The maximum absolute atomic E-state index is 12.4. The SMILES string of the molecule is O=C(O)CC1COCCN1C(=O)CCCc1nc(-c2ccc(Cl)cc2)no1. The van der Waals surface area contributed by atoms with Crippen LogP contribution in [0.3, 0.4) is 0 Å². The standard InChI is InChI=1S/C18H20ClN3O5/c19-13-6-4-12(5-7-13)18-20-15(27-21-18)2-1-3-16(23)22-8-9-26-11-14(22)10-17(24)25/h4-7,14H,1-3,8-11H2,(H,24,25). The lowest BCUT2D eigenvalue weighted by Gasteiger charge is -2.34. The van der Waals surface area contributed by atoms with Crippen LogP contribution in [0, 0.1) is 0 Å². The molecule has 0 bridgehead atoms. The van der Waals surface area contributed by atoms with Crippen molar-refractivity contribution in [2.75, 3.05) is 19.8 Å². The normalized spacial score (nSPS) is 17.1. The number of carbonyl (C=O) groups excluding carboxylic acids is 1. The van der Waals surface area contributed by atoms with Gasteiger partial charge in [-0.2, -0.15) is 4.98 Å². The van der Waals surface area contributed by atoms with Gasteiger partial charge in [0.05, 0.1) is 25.7 Å². The fraction of sp³-hybridized carbons (Fsp3) is 0.444. The second-order valence-electron chi connectivity index (χ2n) is 6.29. The highest BCUT2D eigenvalue weighted by molar-refractivity contribution is 6.30. The first kappa shape index (κ1) is 19.3. The van der Waals surface area contributed by atoms with Gasteiger partial charge in [0.25, 0.3) is 0 Å². The van der Waals surface area contributed by atoms with Crippen molar-refractivity contribution in [3.8, 4) is 11.4 Å². The number of carboxylic acids is 1. The summed E-state index contributed by atoms with van der Waals surface area (Å²) < 4.78 is 10.5. The number of aliphatic carboxylic acids is 1. The van der Waals surface area contributed by atoms with Crippen LogP contribution in [0.25, 0.3) is 11.4 Å². The summed E-state index contributed by atoms with van der Waals surface area (Å²) in [5, 5.41) is 13.5. The van der Waals surface area contributed by atoms with E-state index in [0.29, 0.717) is 42.7 Å². The average Bonchev–Trinajstić information content (AvgIpc) is 3.11. The molecule has 0 radical (unpaired) electrons. The van der Waals surface area contributed by atoms with Crippen molar-refractivity contribution in [1.82, 2.24) is 15.0 Å². The summed E-state index contributed by atoms with van der Waals surface area (Å²) in [5.41, 5.74) is 0.801. The van der Waals surface area contributed by atoms with Crippen LogP contribution < -0.4 is 0 Å². The first-order valence-corrected chi connectivity index (χ1v) is 9.08. The lowest BCUT2D eigenvalue weighted by molar-refractivity contribution is -0.146. The molecule has 1 atom stereocenters. The van der Waals surface area contributed by atoms with Crippen LogP contribution in [0.1, 0.15) is 25.2 Å². The lowest BCUT2D eigenvalue weighted by atomic mass is 10.1. The average molecular weight is 394 g/mol. The zero-order valence-electron chi connectivity index (χ0n) is 14.6. The molecule has 0 saturated carbocycles. The van der Waals surface area contributed by atoms with E-state index in [1.165, 1.54) is 0 Å². The van der Waals surface area contributed by atoms with Crippen LogP contribution in [0.4, 0.5) is 0 Å². The summed E-state index contributed by atoms with van der Waals surface area (Å²) in [7, 11) is 0. The first-order chi connectivity index (χ1) is 13.0. The Morgan fingerprint density at radius 3 is 2.81 bits per heavy atom. The number of benzene rings is 1. The van der Waals surface area contributed by atoms with Crippen LogP contribution in [0.2, 0.25) is 5.02 Å². The molecule has 8 nitrogen and oxygen atoms in total. The lowest BCUT2D eigenvalue weighted by Crippen LogP contribution is -2.49. The van der Waals surface area contributed by atoms with Gasteiger partial charge in [-0.15, -0.1) is 0 Å². The molecule has 1 aromatic heterocycles. The van der Waals surface area contributed by atoms with E-state index in [1.807, 2.05) is 12.1 Å². The number of morpholine rings is 1. The second kappa shape index (κ2) is 8.96. The minimum absolute atomic E-state index is 0.0815. The van der Waals surface area contributed by atoms with E-state index < -0.39 is 12.0 Å². The Morgan fingerprint density at radius 1 is 1.30 bits per heavy atom. The van der Waals surface area contributed by atoms with E-state index >= 15 is 0 Å². The molecule has 1 aliphatic heterocycles. The van der Waals surface area contributed by atoms with Gasteiger partial charge < -0.3 is 19.3 Å². The third kappa shape index (κ3) is 5.27. The predicted octanol–water partition coefficient (Wildman–Crippen LogP) is 2.41. The van der Waals surface area contributed by atoms with Gasteiger partial charge >= 0.3 is 5.97 Å². The molecule has 0 spiro atoms. The minimum Gasteiger partial charge on any atom is -0.481 e. The number of carboxylic acid groups (broad SMARTS) is 1. The summed E-state index contributed by atoms with van der Waals surface area (Å²) in [6.45, 7) is 1.10. The van der Waals surface area contributed by atoms with Gasteiger partial charge in [0.2, 0.25) is 17.6 Å². The number of hydrogen-bond acceptors (Lipinski definition) is 6. The maximum atomic E-state index is 12.4. The van der Waals surface area contributed by atoms with E-state index in [1.54, 1.807) is 17.0 Å². The molecule has 27 heavy (non-hydrogen) atoms. The Labute approximate surface area is 161 Å². The van der Waals surface area contributed by atoms with Crippen LogP contribution in [0.5, 0.6) is 0 Å². The van der Waals surface area contributed by atoms with E-state index in [0.717, 1.165) is 5.56 Å². The van der Waals surface area contributed by atoms with Crippen molar-refractivity contribution >= 4 is 23.5 Å². The van der Waals surface area contributed by atoms with Crippen molar-refractivity contribution in [3.63, 3.8) is 0 Å². The van der Waals surface area contributed by atoms with Crippen molar-refractivity contribution in [3.05, 3.63) is 35.2 Å². The molecule has 0 aliphatic carbocycles. The Kier molecular flexibility index (Phi) is 6.41. The van der Waals surface area contributed by atoms with Crippen molar-refractivity contribution in [1.29, 1.82) is 0 Å². The third-order valence-electron chi connectivity index (χ3n) is 4.31. The van der Waals surface area contributed by atoms with E-state index in [2.05, 4.69) is 10.1 Å². The first-order valence-electron chi connectivity index (χ1n) is 8.70. The van der Waals surface area contributed by atoms with E-state index in [-0.39, 0.29) is 25.4 Å². The number of hydrogen-bond donors (Lipinski definition) is 1. The number of aryl methyl sites for hydroxylation is 1. The summed E-state index contributed by atoms with van der Waals surface area (Å²) in [6, 6.07) is 6.70. The number of carbonyl (C=O) groups is 2. The number of aromatic nitrogens is 2. The third-order valence-corrected chi connectivity index (χ3v) is 4.56. The molecule has 9 heteroatoms. The topological polar surface area (TPSA) is 106 Å². The molecule has 2 aromatic rings. The molecule has 1 saturated heterocycles. The van der Waals surface area contributed by atoms with Crippen molar-refractivity contribution in [2.45, 2.75) is 31.7 Å². The second-order valence-corrected chi connectivity index (χ2v) is 6.72. The van der Waals surface area contributed by atoms with Gasteiger partial charge in [0.15, 0.2) is 0 Å². The zero-order chi connectivity index (χ0) is 19.2. The van der Waals surface area contributed by atoms with Gasteiger partial charge in [-0.25, -0.2) is 0 Å². The summed E-state index contributed by atoms with van der Waals surface area (Å²) in [5.74, 6) is -0.0922. The number of ether oxygens (including phenoxy) is 1. The fourth-order valence-electron chi connectivity index (χ4n) is 2.96. The summed E-state index contributed by atoms with van der Waals surface area (Å²) in [4.78, 5) is 29.3. The Hall–Kier alpha value is -2.45. The molecule has 1 amide bonds. The summed E-state index contributed by atoms with van der Waals surface area (Å²) in [6.07, 6.45) is 1.19. The van der Waals surface area contributed by atoms with E-state index in [9.17, 15) is 9.59 Å². The number of rotatable bonds is 7. The quantitative estimate of drug-likeness (QED) is 0.769. The highest BCUT2D eigenvalue weighted by atomic mass is 35.5. The van der Waals surface area contributed by atoms with Gasteiger partial charge in [0.1, 0.15) is 0 Å². The largest absolute Gasteiger partial charge is 0.481 e. The molecule has 1 aliphatic rings. The minimum atomic E-state index is -0.941. The van der Waals surface area contributed by atoms with Crippen LogP contribution in [-0.2, 0) is 20.7 Å². The van der Waals surface area contributed by atoms with E-state index in [4.69, 9.17) is 26.0 Å². The van der Waals surface area contributed by atoms with Gasteiger partial charge in [-0.1, -0.05) is 16.8 Å². The molecule has 144 valence electrons. The molecule has 3 rings (SSSR count). The number of nitrogens with zero attached hydrogens (tertiary/aromatic N) is 3. The molecule has 1 N–H and O–H groups in total. The smallest absolute Gasteiger partial charge is 0.305 e. The fourth-order valence-corrected chi connectivity index (χ4v) is 3.09. The van der Waals surface area contributed by atoms with Crippen molar-refractivity contribution in [2.24, 2.45) is 0 Å². The molecule has 1 fully saturated rings. The van der Waals surface area contributed by atoms with Crippen molar-refractivity contribution < 1.29 is 24.0 Å². The van der Waals surface area contributed by atoms with Crippen LogP contribution >= 0.6 is 11.6 Å². The predicted molar refractivity (Wildman–Crippen MR) is 96.3 cm³/mol. The highest BCUT2D eigenvalue weighted by Gasteiger charge is 2.28. The Bertz CT molecular complexity index is 793. The maximum Gasteiger partial charge on any atom is 0.305 e. The van der Waals surface area contributed by atoms with Gasteiger partial charge in [-0.3, -0.25) is 9.59 Å². The Morgan fingerprint density at radius 2 is 2.07 bits per heavy atom. The van der Waals surface area contributed by atoms with Gasteiger partial charge in [0, 0.05) is 30.0 Å². The molecular weight excluding hydrogens is 374 g/mol. The highest BCUT2D eigenvalue weighted by Crippen LogP contribution is 2.19.